The molecule has 1 N–H and O–H groups in total. The van der Waals surface area contributed by atoms with Crippen LogP contribution < -0.4 is 11.0 Å². The van der Waals surface area contributed by atoms with Gasteiger partial charge in [-0.3, -0.25) is 4.79 Å². The fourth-order valence-corrected chi connectivity index (χ4v) is 3.42. The summed E-state index contributed by atoms with van der Waals surface area (Å²) in [5.74, 6) is -0.259. The molecule has 0 aliphatic heterocycles. The Hall–Kier alpha value is -2.48. The molecule has 1 aromatic heterocycles. The van der Waals surface area contributed by atoms with E-state index < -0.39 is 15.7 Å². The smallest absolute Gasteiger partial charge is 0.326 e. The van der Waals surface area contributed by atoms with Crippen molar-refractivity contribution in [1.29, 1.82) is 0 Å². The van der Waals surface area contributed by atoms with Crippen molar-refractivity contribution in [2.24, 2.45) is 0 Å². The molecule has 116 valence electrons. The average molecular weight is 321 g/mol. The summed E-state index contributed by atoms with van der Waals surface area (Å²) in [6.45, 7) is 4.50. The lowest BCUT2D eigenvalue weighted by atomic mass is 10.3. The van der Waals surface area contributed by atoms with Crippen molar-refractivity contribution >= 4 is 21.6 Å². The summed E-state index contributed by atoms with van der Waals surface area (Å²) in [4.78, 5) is 26.5. The molecule has 8 heteroatoms. The number of hydrogen-bond donors (Lipinski definition) is 1. The fraction of sp³-hybridized carbons (Fsp3) is 0.214. The monoisotopic (exact) mass is 321 g/mol. The minimum absolute atomic E-state index is 0.0579. The lowest BCUT2D eigenvalue weighted by molar-refractivity contribution is -0.114. The lowest BCUT2D eigenvalue weighted by Gasteiger charge is -2.11. The minimum atomic E-state index is -4.03. The number of carbonyl (C=O) groups is 1. The highest BCUT2D eigenvalue weighted by Crippen LogP contribution is 2.17. The minimum Gasteiger partial charge on any atom is -0.326 e. The van der Waals surface area contributed by atoms with Gasteiger partial charge in [0.1, 0.15) is 0 Å². The zero-order valence-corrected chi connectivity index (χ0v) is 13.1. The normalized spacial score (nSPS) is 11.2. The van der Waals surface area contributed by atoms with Crippen LogP contribution in [0.1, 0.15) is 18.3 Å². The van der Waals surface area contributed by atoms with E-state index in [0.717, 1.165) is 0 Å². The van der Waals surface area contributed by atoms with Crippen molar-refractivity contribution in [3.63, 3.8) is 0 Å². The molecule has 2 rings (SSSR count). The van der Waals surface area contributed by atoms with Crippen LogP contribution >= 0.6 is 0 Å². The van der Waals surface area contributed by atoms with E-state index in [-0.39, 0.29) is 16.5 Å². The molecule has 2 aromatic rings. The van der Waals surface area contributed by atoms with Gasteiger partial charge in [-0.25, -0.2) is 13.2 Å². The molecule has 0 aliphatic carbocycles. The van der Waals surface area contributed by atoms with E-state index in [0.29, 0.717) is 15.4 Å². The fourth-order valence-electron chi connectivity index (χ4n) is 2.05. The summed E-state index contributed by atoms with van der Waals surface area (Å²) >= 11 is 0. The lowest BCUT2D eigenvalue weighted by Crippen LogP contribution is -2.31. The zero-order valence-electron chi connectivity index (χ0n) is 12.3. The highest BCUT2D eigenvalue weighted by atomic mass is 32.2. The van der Waals surface area contributed by atoms with E-state index >= 15 is 0 Å². The van der Waals surface area contributed by atoms with E-state index in [1.54, 1.807) is 6.92 Å². The standard InChI is InChI=1S/C14H15N3O4S/c1-9-8-10(2)17(14(19)15-9)22(20,21)13-6-4-12(5-7-13)16-11(3)18/h4-8H,1-3H3,(H,16,18). The van der Waals surface area contributed by atoms with E-state index in [1.807, 2.05) is 0 Å². The molecule has 1 aromatic carbocycles. The first-order chi connectivity index (χ1) is 10.2. The van der Waals surface area contributed by atoms with Crippen LogP contribution in [0.15, 0.2) is 40.0 Å². The number of amides is 1. The highest BCUT2D eigenvalue weighted by Gasteiger charge is 2.21. The second kappa shape index (κ2) is 5.72. The summed E-state index contributed by atoms with van der Waals surface area (Å²) in [7, 11) is -4.03. The molecule has 0 unspecified atom stereocenters. The third kappa shape index (κ3) is 3.06. The van der Waals surface area contributed by atoms with Crippen LogP contribution in [0.5, 0.6) is 0 Å². The largest absolute Gasteiger partial charge is 0.362 e. The number of hydrogen-bond acceptors (Lipinski definition) is 5. The van der Waals surface area contributed by atoms with Crippen molar-refractivity contribution in [2.45, 2.75) is 25.7 Å². The quantitative estimate of drug-likeness (QED) is 0.911. The van der Waals surface area contributed by atoms with E-state index in [4.69, 9.17) is 0 Å². The average Bonchev–Trinajstić information content (AvgIpc) is 2.36. The first kappa shape index (κ1) is 15.9. The molecule has 0 saturated carbocycles. The van der Waals surface area contributed by atoms with Gasteiger partial charge in [-0.15, -0.1) is 0 Å². The van der Waals surface area contributed by atoms with Crippen LogP contribution in [-0.4, -0.2) is 23.3 Å². The molecule has 0 bridgehead atoms. The topological polar surface area (TPSA) is 98.1 Å². The SMILES string of the molecule is CC(=O)Nc1ccc(S(=O)(=O)n2c(C)cc(C)nc2=O)cc1. The maximum absolute atomic E-state index is 12.6. The Kier molecular flexibility index (Phi) is 4.14. The summed E-state index contributed by atoms with van der Waals surface area (Å²) in [6, 6.07) is 7.08. The maximum Gasteiger partial charge on any atom is 0.362 e. The first-order valence-corrected chi connectivity index (χ1v) is 7.86. The number of anilines is 1. The Morgan fingerprint density at radius 3 is 2.27 bits per heavy atom. The number of nitrogens with zero attached hydrogens (tertiary/aromatic N) is 2. The van der Waals surface area contributed by atoms with Crippen molar-refractivity contribution < 1.29 is 13.2 Å². The molecule has 0 atom stereocenters. The van der Waals surface area contributed by atoms with Crippen LogP contribution in [0.25, 0.3) is 0 Å². The van der Waals surface area contributed by atoms with Gasteiger partial charge >= 0.3 is 5.69 Å². The number of aromatic nitrogens is 2. The van der Waals surface area contributed by atoms with E-state index in [9.17, 15) is 18.0 Å². The van der Waals surface area contributed by atoms with Gasteiger partial charge in [0.25, 0.3) is 10.0 Å². The molecule has 0 saturated heterocycles. The molecular weight excluding hydrogens is 306 g/mol. The second-order valence-corrected chi connectivity index (χ2v) is 6.58. The molecule has 1 heterocycles. The van der Waals surface area contributed by atoms with Crippen LogP contribution in [0, 0.1) is 13.8 Å². The Morgan fingerprint density at radius 1 is 1.18 bits per heavy atom. The molecular formula is C14H15N3O4S. The Balaban J connectivity index is 2.52. The third-order valence-corrected chi connectivity index (χ3v) is 4.69. The van der Waals surface area contributed by atoms with Gasteiger partial charge in [-0.1, -0.05) is 0 Å². The van der Waals surface area contributed by atoms with Gasteiger partial charge in [0.05, 0.1) is 4.90 Å². The summed E-state index contributed by atoms with van der Waals surface area (Å²) in [5, 5.41) is 2.54. The van der Waals surface area contributed by atoms with Crippen LogP contribution in [0.2, 0.25) is 0 Å². The third-order valence-electron chi connectivity index (χ3n) is 2.90. The summed E-state index contributed by atoms with van der Waals surface area (Å²) in [5.41, 5.74) is 0.361. The summed E-state index contributed by atoms with van der Waals surface area (Å²) < 4.78 is 25.8. The molecule has 7 nitrogen and oxygen atoms in total. The van der Waals surface area contributed by atoms with Crippen LogP contribution in [0.3, 0.4) is 0 Å². The van der Waals surface area contributed by atoms with Crippen LogP contribution in [-0.2, 0) is 14.8 Å². The number of aryl methyl sites for hydroxylation is 2. The molecule has 0 radical (unpaired) electrons. The summed E-state index contributed by atoms with van der Waals surface area (Å²) in [6.07, 6.45) is 0. The first-order valence-electron chi connectivity index (χ1n) is 6.42. The van der Waals surface area contributed by atoms with Gasteiger partial charge in [-0.05, 0) is 44.2 Å². The van der Waals surface area contributed by atoms with Crippen molar-refractivity contribution in [2.75, 3.05) is 5.32 Å². The number of benzene rings is 1. The molecule has 22 heavy (non-hydrogen) atoms. The van der Waals surface area contributed by atoms with E-state index in [1.165, 1.54) is 44.2 Å². The van der Waals surface area contributed by atoms with Crippen LogP contribution in [0.4, 0.5) is 5.69 Å². The van der Waals surface area contributed by atoms with Crippen molar-refractivity contribution in [1.82, 2.24) is 8.96 Å². The Labute approximate surface area is 127 Å². The Bertz CT molecular complexity index is 883. The van der Waals surface area contributed by atoms with Gasteiger partial charge in [0.2, 0.25) is 5.91 Å². The Morgan fingerprint density at radius 2 is 1.77 bits per heavy atom. The van der Waals surface area contributed by atoms with Gasteiger partial charge in [0.15, 0.2) is 0 Å². The van der Waals surface area contributed by atoms with Gasteiger partial charge < -0.3 is 5.32 Å². The number of carbonyl (C=O) groups excluding carboxylic acids is 1. The molecule has 1 amide bonds. The maximum atomic E-state index is 12.6. The van der Waals surface area contributed by atoms with E-state index in [2.05, 4.69) is 10.3 Å². The predicted molar refractivity (Wildman–Crippen MR) is 81.3 cm³/mol. The number of rotatable bonds is 3. The molecule has 0 fully saturated rings. The zero-order chi connectivity index (χ0) is 16.5. The second-order valence-electron chi connectivity index (χ2n) is 4.80. The number of nitrogens with one attached hydrogen (secondary N) is 1. The molecule has 0 aliphatic rings. The molecule has 0 spiro atoms. The van der Waals surface area contributed by atoms with Crippen molar-refractivity contribution in [3.05, 3.63) is 52.2 Å². The predicted octanol–water partition coefficient (Wildman–Crippen LogP) is 1.06. The van der Waals surface area contributed by atoms with Crippen molar-refractivity contribution in [3.8, 4) is 0 Å². The van der Waals surface area contributed by atoms with Gasteiger partial charge in [0, 0.05) is 24.0 Å². The highest BCUT2D eigenvalue weighted by molar-refractivity contribution is 7.90. The van der Waals surface area contributed by atoms with Gasteiger partial charge in [-0.2, -0.15) is 8.96 Å².